The molecule has 1 aliphatic heterocycles. The first-order valence-electron chi connectivity index (χ1n) is 21.6. The lowest BCUT2D eigenvalue weighted by atomic mass is 9.95. The number of rotatable bonds is 16. The maximum atomic E-state index is 5.79. The topological polar surface area (TPSA) is 56.3 Å². The minimum absolute atomic E-state index is 0.371. The molecule has 3 aliphatic rings. The number of hydrogen-bond donors (Lipinski definition) is 0. The molecule has 3 fully saturated rings. The predicted octanol–water partition coefficient (Wildman–Crippen LogP) is 11.9. The number of benzene rings is 4. The molecule has 1 aromatic heterocycles. The molecule has 7 nitrogen and oxygen atoms in total. The van der Waals surface area contributed by atoms with Gasteiger partial charge in [-0.15, -0.1) is 0 Å². The van der Waals surface area contributed by atoms with Gasteiger partial charge in [-0.1, -0.05) is 57.4 Å². The average molecular weight is 794 g/mol. The summed E-state index contributed by atoms with van der Waals surface area (Å²) in [5.41, 5.74) is 12.9. The molecule has 5 aromatic rings. The van der Waals surface area contributed by atoms with Gasteiger partial charge in [0.2, 0.25) is 0 Å². The number of ether oxygens (including phenoxy) is 4. The molecule has 59 heavy (non-hydrogen) atoms. The van der Waals surface area contributed by atoms with Crippen molar-refractivity contribution < 1.29 is 18.9 Å². The molecule has 0 bridgehead atoms. The predicted molar refractivity (Wildman–Crippen MR) is 243 cm³/mol. The van der Waals surface area contributed by atoms with E-state index in [1.807, 2.05) is 6.20 Å². The van der Waals surface area contributed by atoms with Crippen LogP contribution in [-0.4, -0.2) is 64.0 Å². The van der Waals surface area contributed by atoms with Crippen LogP contribution in [-0.2, 0) is 13.0 Å². The largest absolute Gasteiger partial charge is 0.497 e. The first-order chi connectivity index (χ1) is 28.8. The minimum atomic E-state index is 0.371. The quantitative estimate of drug-likeness (QED) is 0.0986. The SMILES string of the molecule is C1CC1.C=C(CN(c1ccc(OC)cc1)C1CCN(Cc2ccnc(-c3cc(OC)c(C)c(C4CC4)c3)c2)CC1)c1cccc(-c2cc(CCC)c(OC)c(OC)c2)c1. The standard InChI is InChI=1S/C49H57N3O4.C3H6/c1-8-10-39-27-40(29-48(55-6)49(39)56-7)38-12-9-11-37(26-38)33(2)31-52(42-15-17-44(53-4)18-16-42)43-20-23-51(24-21-43)32-35-19-22-50-46(25-35)41-28-45(36-13-14-36)34(3)47(30-41)54-5;1-2-3-1/h9,11-12,15-19,22,25-30,36,43H,2,8,10,13-14,20-21,23-24,31-32H2,1,3-7H3;1-3H2. The molecule has 8 rings (SSSR count). The van der Waals surface area contributed by atoms with Crippen LogP contribution in [0.25, 0.3) is 28.0 Å². The summed E-state index contributed by atoms with van der Waals surface area (Å²) in [6.07, 6.45) is 13.0. The Hall–Kier alpha value is -5.27. The Morgan fingerprint density at radius 1 is 0.763 bits per heavy atom. The lowest BCUT2D eigenvalue weighted by molar-refractivity contribution is 0.202. The van der Waals surface area contributed by atoms with Gasteiger partial charge in [0, 0.05) is 49.7 Å². The number of hydrogen-bond acceptors (Lipinski definition) is 7. The number of methoxy groups -OCH3 is 4. The van der Waals surface area contributed by atoms with Crippen molar-refractivity contribution in [3.05, 3.63) is 126 Å². The zero-order chi connectivity index (χ0) is 41.3. The fraction of sp³-hybridized carbons (Fsp3) is 0.404. The summed E-state index contributed by atoms with van der Waals surface area (Å²) in [5.74, 6) is 4.03. The van der Waals surface area contributed by atoms with Gasteiger partial charge in [-0.25, -0.2) is 0 Å². The highest BCUT2D eigenvalue weighted by molar-refractivity contribution is 5.76. The summed E-state index contributed by atoms with van der Waals surface area (Å²) in [5, 5.41) is 0. The van der Waals surface area contributed by atoms with Gasteiger partial charge in [0.15, 0.2) is 11.5 Å². The summed E-state index contributed by atoms with van der Waals surface area (Å²) in [6.45, 7) is 12.7. The summed E-state index contributed by atoms with van der Waals surface area (Å²) in [6, 6.07) is 30.8. The van der Waals surface area contributed by atoms with Gasteiger partial charge in [0.05, 0.1) is 34.1 Å². The molecule has 0 unspecified atom stereocenters. The first-order valence-corrected chi connectivity index (χ1v) is 21.6. The fourth-order valence-electron chi connectivity index (χ4n) is 8.35. The monoisotopic (exact) mass is 793 g/mol. The molecule has 310 valence electrons. The van der Waals surface area contributed by atoms with Crippen molar-refractivity contribution in [2.24, 2.45) is 0 Å². The molecule has 0 spiro atoms. The van der Waals surface area contributed by atoms with Crippen molar-refractivity contribution in [1.29, 1.82) is 0 Å². The second-order valence-corrected chi connectivity index (χ2v) is 16.4. The Kier molecular flexibility index (Phi) is 13.9. The third kappa shape index (κ3) is 10.5. The van der Waals surface area contributed by atoms with Gasteiger partial charge >= 0.3 is 0 Å². The van der Waals surface area contributed by atoms with E-state index in [4.69, 9.17) is 23.9 Å². The fourth-order valence-corrected chi connectivity index (χ4v) is 8.35. The summed E-state index contributed by atoms with van der Waals surface area (Å²) >= 11 is 0. The lowest BCUT2D eigenvalue weighted by Crippen LogP contribution is -2.45. The maximum absolute atomic E-state index is 5.79. The van der Waals surface area contributed by atoms with Crippen LogP contribution in [0.5, 0.6) is 23.0 Å². The van der Waals surface area contributed by atoms with E-state index in [1.165, 1.54) is 54.5 Å². The first kappa shape index (κ1) is 41.9. The van der Waals surface area contributed by atoms with Crippen molar-refractivity contribution in [2.75, 3.05) is 53.0 Å². The van der Waals surface area contributed by atoms with E-state index in [1.54, 1.807) is 28.4 Å². The second kappa shape index (κ2) is 19.7. The van der Waals surface area contributed by atoms with Crippen molar-refractivity contribution in [2.45, 2.75) is 90.1 Å². The van der Waals surface area contributed by atoms with Crippen molar-refractivity contribution in [3.63, 3.8) is 0 Å². The van der Waals surface area contributed by atoms with E-state index < -0.39 is 0 Å². The van der Waals surface area contributed by atoms with Crippen LogP contribution in [0.4, 0.5) is 5.69 Å². The van der Waals surface area contributed by atoms with E-state index in [0.29, 0.717) is 12.0 Å². The van der Waals surface area contributed by atoms with Crippen LogP contribution in [0.15, 0.2) is 97.7 Å². The zero-order valence-corrected chi connectivity index (χ0v) is 36.2. The Morgan fingerprint density at radius 2 is 1.49 bits per heavy atom. The molecule has 2 saturated carbocycles. The summed E-state index contributed by atoms with van der Waals surface area (Å²) in [4.78, 5) is 9.94. The Labute approximate surface area is 353 Å². The lowest BCUT2D eigenvalue weighted by Gasteiger charge is -2.40. The number of pyridine rings is 1. The maximum Gasteiger partial charge on any atom is 0.163 e. The van der Waals surface area contributed by atoms with Gasteiger partial charge in [-0.2, -0.15) is 0 Å². The highest BCUT2D eigenvalue weighted by Gasteiger charge is 2.28. The number of nitrogens with zero attached hydrogens (tertiary/aromatic N) is 3. The number of piperidine rings is 1. The van der Waals surface area contributed by atoms with Gasteiger partial charge in [-0.05, 0) is 156 Å². The van der Waals surface area contributed by atoms with Crippen LogP contribution in [0.1, 0.15) is 92.0 Å². The van der Waals surface area contributed by atoms with Crippen LogP contribution in [0, 0.1) is 6.92 Å². The highest BCUT2D eigenvalue weighted by Crippen LogP contribution is 2.45. The normalized spacial score (nSPS) is 15.2. The van der Waals surface area contributed by atoms with Gasteiger partial charge in [-0.3, -0.25) is 9.88 Å². The minimum Gasteiger partial charge on any atom is -0.497 e. The van der Waals surface area contributed by atoms with Crippen LogP contribution in [0.2, 0.25) is 0 Å². The molecule has 0 N–H and O–H groups in total. The van der Waals surface area contributed by atoms with E-state index >= 15 is 0 Å². The smallest absolute Gasteiger partial charge is 0.163 e. The summed E-state index contributed by atoms with van der Waals surface area (Å²) in [7, 11) is 6.90. The van der Waals surface area contributed by atoms with E-state index in [0.717, 1.165) is 114 Å². The Bertz CT molecular complexity index is 2180. The van der Waals surface area contributed by atoms with Crippen LogP contribution in [0.3, 0.4) is 0 Å². The Balaban J connectivity index is 0.00000168. The molecule has 2 heterocycles. The van der Waals surface area contributed by atoms with Crippen LogP contribution >= 0.6 is 0 Å². The molecular formula is C52H63N3O4. The number of aromatic nitrogens is 1. The Morgan fingerprint density at radius 3 is 2.14 bits per heavy atom. The summed E-state index contributed by atoms with van der Waals surface area (Å²) < 4.78 is 22.8. The van der Waals surface area contributed by atoms with Crippen molar-refractivity contribution >= 4 is 11.3 Å². The number of likely N-dealkylation sites (tertiary alicyclic amines) is 1. The van der Waals surface area contributed by atoms with E-state index in [2.05, 4.69) is 115 Å². The van der Waals surface area contributed by atoms with Crippen molar-refractivity contribution in [3.8, 4) is 45.4 Å². The molecule has 0 amide bonds. The third-order valence-corrected chi connectivity index (χ3v) is 12.0. The third-order valence-electron chi connectivity index (χ3n) is 12.0. The number of anilines is 1. The average Bonchev–Trinajstić information content (AvgIpc) is 4.20. The van der Waals surface area contributed by atoms with Crippen molar-refractivity contribution in [1.82, 2.24) is 9.88 Å². The molecule has 2 aliphatic carbocycles. The van der Waals surface area contributed by atoms with E-state index in [-0.39, 0.29) is 0 Å². The highest BCUT2D eigenvalue weighted by atomic mass is 16.5. The van der Waals surface area contributed by atoms with Gasteiger partial charge in [0.25, 0.3) is 0 Å². The molecule has 1 saturated heterocycles. The zero-order valence-electron chi connectivity index (χ0n) is 36.2. The van der Waals surface area contributed by atoms with Gasteiger partial charge < -0.3 is 23.8 Å². The second-order valence-electron chi connectivity index (χ2n) is 16.4. The number of aryl methyl sites for hydroxylation is 1. The van der Waals surface area contributed by atoms with Crippen LogP contribution < -0.4 is 23.8 Å². The molecular weight excluding hydrogens is 731 g/mol. The molecule has 4 aromatic carbocycles. The molecule has 7 heteroatoms. The molecule has 0 atom stereocenters. The molecule has 0 radical (unpaired) electrons. The van der Waals surface area contributed by atoms with E-state index in [9.17, 15) is 0 Å². The van der Waals surface area contributed by atoms with Gasteiger partial charge in [0.1, 0.15) is 11.5 Å².